The molecule has 0 aromatic rings. The predicted octanol–water partition coefficient (Wildman–Crippen LogP) is 1.95. The third-order valence-corrected chi connectivity index (χ3v) is 3.22. The van der Waals surface area contributed by atoms with Crippen LogP contribution in [0.25, 0.3) is 0 Å². The second kappa shape index (κ2) is 3.69. The molecule has 0 heterocycles. The highest BCUT2D eigenvalue weighted by Crippen LogP contribution is 2.38. The molecule has 0 bridgehead atoms. The molecule has 0 aliphatic heterocycles. The molecule has 2 aliphatic rings. The molecule has 2 nitrogen and oxygen atoms in total. The summed E-state index contributed by atoms with van der Waals surface area (Å²) in [6.45, 7) is 3.13. The summed E-state index contributed by atoms with van der Waals surface area (Å²) in [7, 11) is 0. The highest BCUT2D eigenvalue weighted by atomic mass is 16.1. The molecular formula is C11H19NO. The van der Waals surface area contributed by atoms with Crippen LogP contribution in [0, 0.1) is 17.8 Å². The molecule has 2 fully saturated rings. The van der Waals surface area contributed by atoms with E-state index in [9.17, 15) is 4.79 Å². The van der Waals surface area contributed by atoms with E-state index in [0.717, 1.165) is 24.8 Å². The molecule has 0 aromatic heterocycles. The number of hydrogen-bond donors (Lipinski definition) is 1. The molecule has 2 aliphatic carbocycles. The van der Waals surface area contributed by atoms with Gasteiger partial charge >= 0.3 is 0 Å². The van der Waals surface area contributed by atoms with Gasteiger partial charge in [0.15, 0.2) is 0 Å². The Morgan fingerprint density at radius 2 is 2.08 bits per heavy atom. The van der Waals surface area contributed by atoms with E-state index in [4.69, 9.17) is 0 Å². The normalized spacial score (nSPS) is 24.1. The Balaban J connectivity index is 1.58. The molecule has 1 amide bonds. The fourth-order valence-corrected chi connectivity index (χ4v) is 1.78. The van der Waals surface area contributed by atoms with Gasteiger partial charge in [-0.25, -0.2) is 0 Å². The van der Waals surface area contributed by atoms with Crippen molar-refractivity contribution < 1.29 is 4.79 Å². The van der Waals surface area contributed by atoms with E-state index in [1.165, 1.54) is 25.7 Å². The number of hydrogen-bond acceptors (Lipinski definition) is 1. The lowest BCUT2D eigenvalue weighted by Crippen LogP contribution is -2.27. The van der Waals surface area contributed by atoms with Crippen molar-refractivity contribution in [3.63, 3.8) is 0 Å². The van der Waals surface area contributed by atoms with Crippen molar-refractivity contribution >= 4 is 5.91 Å². The van der Waals surface area contributed by atoms with Crippen LogP contribution in [0.4, 0.5) is 0 Å². The van der Waals surface area contributed by atoms with Crippen molar-refractivity contribution in [2.45, 2.75) is 39.0 Å². The molecule has 13 heavy (non-hydrogen) atoms. The van der Waals surface area contributed by atoms with Crippen LogP contribution in [0.2, 0.25) is 0 Å². The third-order valence-electron chi connectivity index (χ3n) is 3.22. The molecule has 2 rings (SSSR count). The minimum Gasteiger partial charge on any atom is -0.356 e. The second-order valence-corrected chi connectivity index (χ2v) is 4.77. The molecule has 1 unspecified atom stereocenters. The van der Waals surface area contributed by atoms with Crippen LogP contribution < -0.4 is 5.32 Å². The summed E-state index contributed by atoms with van der Waals surface area (Å²) in [5.74, 6) is 2.54. The Hall–Kier alpha value is -0.530. The van der Waals surface area contributed by atoms with E-state index in [1.807, 2.05) is 0 Å². The molecule has 0 saturated heterocycles. The molecule has 74 valence electrons. The van der Waals surface area contributed by atoms with Crippen LogP contribution in [0.5, 0.6) is 0 Å². The molecule has 2 saturated carbocycles. The summed E-state index contributed by atoms with van der Waals surface area (Å²) in [5.41, 5.74) is 0. The van der Waals surface area contributed by atoms with Gasteiger partial charge in [-0.2, -0.15) is 0 Å². The summed E-state index contributed by atoms with van der Waals surface area (Å²) >= 11 is 0. The minimum atomic E-state index is 0.270. The fraction of sp³-hybridized carbons (Fsp3) is 0.909. The van der Waals surface area contributed by atoms with Crippen molar-refractivity contribution in [1.29, 1.82) is 0 Å². The van der Waals surface area contributed by atoms with Crippen LogP contribution in [0.15, 0.2) is 0 Å². The van der Waals surface area contributed by atoms with Crippen molar-refractivity contribution in [2.75, 3.05) is 6.54 Å². The molecule has 1 N–H and O–H groups in total. The first-order valence-corrected chi connectivity index (χ1v) is 5.52. The molecule has 0 spiro atoms. The van der Waals surface area contributed by atoms with Gasteiger partial charge in [0.05, 0.1) is 0 Å². The van der Waals surface area contributed by atoms with Gasteiger partial charge in [-0.1, -0.05) is 6.92 Å². The first-order valence-electron chi connectivity index (χ1n) is 5.52. The van der Waals surface area contributed by atoms with Gasteiger partial charge in [-0.15, -0.1) is 0 Å². The maximum atomic E-state index is 11.4. The quantitative estimate of drug-likeness (QED) is 0.690. The third kappa shape index (κ3) is 3.02. The fourth-order valence-electron chi connectivity index (χ4n) is 1.78. The van der Waals surface area contributed by atoms with Crippen molar-refractivity contribution in [2.24, 2.45) is 17.8 Å². The number of nitrogens with one attached hydrogen (secondary N) is 1. The predicted molar refractivity (Wildman–Crippen MR) is 52.2 cm³/mol. The molecule has 0 radical (unpaired) electrons. The van der Waals surface area contributed by atoms with Gasteiger partial charge in [0.1, 0.15) is 0 Å². The first kappa shape index (κ1) is 9.04. The number of amides is 1. The van der Waals surface area contributed by atoms with Crippen LogP contribution in [-0.2, 0) is 4.79 Å². The largest absolute Gasteiger partial charge is 0.356 e. The van der Waals surface area contributed by atoms with Crippen LogP contribution in [0.3, 0.4) is 0 Å². The highest BCUT2D eigenvalue weighted by molar-refractivity contribution is 5.76. The highest BCUT2D eigenvalue weighted by Gasteiger charge is 2.29. The summed E-state index contributed by atoms with van der Waals surface area (Å²) in [4.78, 5) is 11.4. The van der Waals surface area contributed by atoms with Gasteiger partial charge in [-0.3, -0.25) is 4.79 Å². The lowest BCUT2D eigenvalue weighted by atomic mass is 10.0. The molecular weight excluding hydrogens is 162 g/mol. The standard InChI is InChI=1S/C11H19NO/c1-8(10-4-5-10)6-11(13)12-7-9-2-3-9/h8-10H,2-7H2,1H3,(H,12,13). The monoisotopic (exact) mass is 181 g/mol. The minimum absolute atomic E-state index is 0.270. The SMILES string of the molecule is CC(CC(=O)NCC1CC1)C1CC1. The Morgan fingerprint density at radius 1 is 1.38 bits per heavy atom. The van der Waals surface area contributed by atoms with Gasteiger partial charge in [0.2, 0.25) is 5.91 Å². The van der Waals surface area contributed by atoms with E-state index in [2.05, 4.69) is 12.2 Å². The van der Waals surface area contributed by atoms with Crippen molar-refractivity contribution in [3.8, 4) is 0 Å². The summed E-state index contributed by atoms with van der Waals surface area (Å²) in [5, 5.41) is 3.02. The van der Waals surface area contributed by atoms with E-state index in [-0.39, 0.29) is 5.91 Å². The van der Waals surface area contributed by atoms with E-state index in [0.29, 0.717) is 5.92 Å². The van der Waals surface area contributed by atoms with E-state index < -0.39 is 0 Å². The first-order chi connectivity index (χ1) is 6.25. The smallest absolute Gasteiger partial charge is 0.220 e. The van der Waals surface area contributed by atoms with Gasteiger partial charge < -0.3 is 5.32 Å². The summed E-state index contributed by atoms with van der Waals surface area (Å²) in [6, 6.07) is 0. The van der Waals surface area contributed by atoms with E-state index >= 15 is 0 Å². The Morgan fingerprint density at radius 3 is 2.62 bits per heavy atom. The topological polar surface area (TPSA) is 29.1 Å². The zero-order chi connectivity index (χ0) is 9.26. The number of carbonyl (C=O) groups is 1. The average molecular weight is 181 g/mol. The Labute approximate surface area is 80.1 Å². The second-order valence-electron chi connectivity index (χ2n) is 4.77. The average Bonchev–Trinajstić information content (AvgIpc) is 2.93. The van der Waals surface area contributed by atoms with Crippen LogP contribution in [0.1, 0.15) is 39.0 Å². The van der Waals surface area contributed by atoms with Gasteiger partial charge in [0, 0.05) is 13.0 Å². The summed E-state index contributed by atoms with van der Waals surface area (Å²) < 4.78 is 0. The molecule has 0 aromatic carbocycles. The lowest BCUT2D eigenvalue weighted by molar-refractivity contribution is -0.122. The Bertz CT molecular complexity index is 194. The Kier molecular flexibility index (Phi) is 2.56. The maximum absolute atomic E-state index is 11.4. The van der Waals surface area contributed by atoms with Gasteiger partial charge in [0.25, 0.3) is 0 Å². The zero-order valence-electron chi connectivity index (χ0n) is 8.38. The van der Waals surface area contributed by atoms with Crippen molar-refractivity contribution in [3.05, 3.63) is 0 Å². The van der Waals surface area contributed by atoms with Crippen molar-refractivity contribution in [1.82, 2.24) is 5.32 Å². The number of carbonyl (C=O) groups excluding carboxylic acids is 1. The van der Waals surface area contributed by atoms with E-state index in [1.54, 1.807) is 0 Å². The van der Waals surface area contributed by atoms with Gasteiger partial charge in [-0.05, 0) is 43.4 Å². The number of rotatable bonds is 5. The molecule has 1 atom stereocenters. The lowest BCUT2D eigenvalue weighted by Gasteiger charge is -2.09. The summed E-state index contributed by atoms with van der Waals surface area (Å²) in [6.07, 6.45) is 6.07. The zero-order valence-corrected chi connectivity index (χ0v) is 8.38. The molecule has 2 heteroatoms. The van der Waals surface area contributed by atoms with Crippen LogP contribution in [-0.4, -0.2) is 12.5 Å². The van der Waals surface area contributed by atoms with Crippen LogP contribution >= 0.6 is 0 Å². The maximum Gasteiger partial charge on any atom is 0.220 e.